The summed E-state index contributed by atoms with van der Waals surface area (Å²) in [4.78, 5) is 39.5. The highest BCUT2D eigenvalue weighted by Gasteiger charge is 2.38. The Morgan fingerprint density at radius 1 is 1.54 bits per heavy atom. The Balaban J connectivity index is 2.06. The number of carbonyl (C=O) groups excluding carboxylic acids is 2. The molecule has 10 nitrogen and oxygen atoms in total. The molecule has 1 aromatic heterocycles. The smallest absolute Gasteiger partial charge is 0.458 e. The van der Waals surface area contributed by atoms with Crippen LogP contribution in [0, 0.1) is 0 Å². The van der Waals surface area contributed by atoms with Gasteiger partial charge in [0.05, 0.1) is 18.2 Å². The van der Waals surface area contributed by atoms with E-state index in [1.54, 1.807) is 0 Å². The normalized spacial score (nSPS) is 22.7. The van der Waals surface area contributed by atoms with Crippen LogP contribution in [0.1, 0.15) is 13.3 Å². The number of hydrogen-bond donors (Lipinski definition) is 2. The van der Waals surface area contributed by atoms with E-state index in [0.29, 0.717) is 0 Å². The lowest BCUT2D eigenvalue weighted by molar-refractivity contribution is -0.148. The molecule has 0 unspecified atom stereocenters. The van der Waals surface area contributed by atoms with Crippen molar-refractivity contribution in [3.63, 3.8) is 0 Å². The number of aromatic nitrogens is 2. The highest BCUT2D eigenvalue weighted by Crippen LogP contribution is 2.26. The number of halogens is 1. The van der Waals surface area contributed by atoms with E-state index in [2.05, 4.69) is 20.0 Å². The Morgan fingerprint density at radius 3 is 2.96 bits per heavy atom. The second kappa shape index (κ2) is 7.97. The zero-order valence-corrected chi connectivity index (χ0v) is 13.7. The first-order valence-electron chi connectivity index (χ1n) is 6.94. The molecular weight excluding hydrogens is 346 g/mol. The molecule has 1 aliphatic heterocycles. The van der Waals surface area contributed by atoms with Gasteiger partial charge in [-0.05, 0) is 0 Å². The summed E-state index contributed by atoms with van der Waals surface area (Å²) in [6, 6.07) is 0. The quantitative estimate of drug-likeness (QED) is 0.726. The molecule has 2 heterocycles. The van der Waals surface area contributed by atoms with Gasteiger partial charge in [0.1, 0.15) is 12.7 Å². The molecule has 2 N–H and O–H groups in total. The first kappa shape index (κ1) is 18.0. The number of methoxy groups -OCH3 is 1. The van der Waals surface area contributed by atoms with Crippen molar-refractivity contribution in [1.29, 1.82) is 0 Å². The van der Waals surface area contributed by atoms with Gasteiger partial charge in [-0.25, -0.2) is 9.59 Å². The number of nitrogens with zero attached hydrogens (tertiary/aromatic N) is 1. The fourth-order valence-electron chi connectivity index (χ4n) is 2.13. The molecule has 0 saturated carbocycles. The third-order valence-corrected chi connectivity index (χ3v) is 3.37. The van der Waals surface area contributed by atoms with Gasteiger partial charge in [-0.15, -0.1) is 0 Å². The molecule has 0 bridgehead atoms. The monoisotopic (exact) mass is 361 g/mol. The average molecular weight is 362 g/mol. The lowest BCUT2D eigenvalue weighted by Crippen LogP contribution is -2.34. The molecule has 1 saturated heterocycles. The fraction of sp³-hybridized carbons (Fsp3) is 0.538. The van der Waals surface area contributed by atoms with Crippen molar-refractivity contribution in [3.05, 3.63) is 21.7 Å². The molecule has 3 atom stereocenters. The largest absolute Gasteiger partial charge is 0.508 e. The number of nitrogens with one attached hydrogen (secondary N) is 2. The van der Waals surface area contributed by atoms with Crippen molar-refractivity contribution in [2.75, 3.05) is 19.0 Å². The topological polar surface area (TPSA) is 129 Å². The summed E-state index contributed by atoms with van der Waals surface area (Å²) in [6.07, 6.45) is -1.33. The third kappa shape index (κ3) is 4.83. The van der Waals surface area contributed by atoms with Crippen molar-refractivity contribution < 1.29 is 28.5 Å². The van der Waals surface area contributed by atoms with Crippen LogP contribution in [0.15, 0.2) is 11.0 Å². The van der Waals surface area contributed by atoms with E-state index in [4.69, 9.17) is 25.8 Å². The number of esters is 1. The summed E-state index contributed by atoms with van der Waals surface area (Å²) in [5.41, 5.74) is -0.602. The van der Waals surface area contributed by atoms with Gasteiger partial charge in [0.2, 0.25) is 0 Å². The van der Waals surface area contributed by atoms with Crippen molar-refractivity contribution in [2.24, 2.45) is 0 Å². The van der Waals surface area contributed by atoms with E-state index in [-0.39, 0.29) is 23.9 Å². The van der Waals surface area contributed by atoms with Crippen molar-refractivity contribution in [3.8, 4) is 0 Å². The van der Waals surface area contributed by atoms with Gasteiger partial charge in [-0.1, -0.05) is 11.6 Å². The summed E-state index contributed by atoms with van der Waals surface area (Å²) in [7, 11) is 1.18. The summed E-state index contributed by atoms with van der Waals surface area (Å²) in [5.74, 6) is -0.424. The van der Waals surface area contributed by atoms with Gasteiger partial charge < -0.3 is 29.2 Å². The van der Waals surface area contributed by atoms with Crippen LogP contribution in [0.3, 0.4) is 0 Å². The number of hydrogen-bond acceptors (Lipinski definition) is 9. The Labute approximate surface area is 141 Å². The molecule has 0 amide bonds. The number of aromatic amines is 1. The lowest BCUT2D eigenvalue weighted by Gasteiger charge is -2.20. The molecule has 0 aromatic carbocycles. The van der Waals surface area contributed by atoms with Crippen LogP contribution in [-0.2, 0) is 23.7 Å². The van der Waals surface area contributed by atoms with Crippen LogP contribution >= 0.6 is 11.6 Å². The number of H-pyrrole nitrogens is 1. The van der Waals surface area contributed by atoms with Gasteiger partial charge >= 0.3 is 17.8 Å². The number of ether oxygens (including phenoxy) is 4. The van der Waals surface area contributed by atoms with Crippen LogP contribution in [0.5, 0.6) is 0 Å². The number of rotatable bonds is 5. The van der Waals surface area contributed by atoms with Crippen molar-refractivity contribution in [1.82, 2.24) is 9.97 Å². The molecule has 2 rings (SSSR count). The first-order chi connectivity index (χ1) is 11.4. The van der Waals surface area contributed by atoms with Gasteiger partial charge in [0, 0.05) is 19.5 Å². The van der Waals surface area contributed by atoms with Crippen LogP contribution in [0.2, 0.25) is 5.02 Å². The average Bonchev–Trinajstić information content (AvgIpc) is 2.89. The standard InChI is InChI=1S/C13H16ClN3O7/c1-6(18)23-9-3-7(5-22-13(20)21-2)24-11(9)16-10-8(14)4-15-12(19)17-10/h4,7,9,11H,3,5H2,1-2H3,(H2,15,16,17,19)/t7-,9+,11+/m0/s1. The summed E-state index contributed by atoms with van der Waals surface area (Å²) in [6.45, 7) is 1.17. The zero-order chi connectivity index (χ0) is 17.7. The Bertz CT molecular complexity index is 665. The maximum atomic E-state index is 11.3. The predicted molar refractivity (Wildman–Crippen MR) is 80.7 cm³/mol. The van der Waals surface area contributed by atoms with Gasteiger partial charge in [-0.2, -0.15) is 4.98 Å². The maximum Gasteiger partial charge on any atom is 0.508 e. The van der Waals surface area contributed by atoms with E-state index in [0.717, 1.165) is 0 Å². The number of carbonyl (C=O) groups is 2. The zero-order valence-electron chi connectivity index (χ0n) is 12.9. The minimum absolute atomic E-state index is 0.0807. The van der Waals surface area contributed by atoms with Crippen LogP contribution < -0.4 is 11.0 Å². The maximum absolute atomic E-state index is 11.3. The molecule has 132 valence electrons. The molecule has 1 aliphatic rings. The molecule has 24 heavy (non-hydrogen) atoms. The Hall–Kier alpha value is -2.33. The second-order valence-corrected chi connectivity index (χ2v) is 5.28. The van der Waals surface area contributed by atoms with E-state index < -0.39 is 36.3 Å². The molecule has 0 aliphatic carbocycles. The molecule has 11 heteroatoms. The van der Waals surface area contributed by atoms with E-state index >= 15 is 0 Å². The molecule has 1 fully saturated rings. The third-order valence-electron chi connectivity index (χ3n) is 3.08. The molecule has 0 radical (unpaired) electrons. The fourth-order valence-corrected chi connectivity index (χ4v) is 2.28. The SMILES string of the molecule is COC(=O)OC[C@@H]1C[C@@H](OC(C)=O)[C@H](Nc2nc(=O)[nH]cc2Cl)O1. The molecule has 0 spiro atoms. The Kier molecular flexibility index (Phi) is 5.99. The highest BCUT2D eigenvalue weighted by molar-refractivity contribution is 6.32. The lowest BCUT2D eigenvalue weighted by atomic mass is 10.2. The van der Waals surface area contributed by atoms with Crippen molar-refractivity contribution >= 4 is 29.5 Å². The van der Waals surface area contributed by atoms with Crippen LogP contribution in [0.4, 0.5) is 10.6 Å². The minimum atomic E-state index is -0.849. The predicted octanol–water partition coefficient (Wildman–Crippen LogP) is 0.665. The number of anilines is 1. The van der Waals surface area contributed by atoms with Crippen LogP contribution in [-0.4, -0.2) is 54.2 Å². The molecular formula is C13H16ClN3O7. The van der Waals surface area contributed by atoms with Crippen molar-refractivity contribution in [2.45, 2.75) is 31.8 Å². The summed E-state index contributed by atoms with van der Waals surface area (Å²) < 4.78 is 20.0. The van der Waals surface area contributed by atoms with E-state index in [1.807, 2.05) is 0 Å². The summed E-state index contributed by atoms with van der Waals surface area (Å²) in [5, 5.41) is 2.96. The van der Waals surface area contributed by atoms with E-state index in [9.17, 15) is 14.4 Å². The minimum Gasteiger partial charge on any atom is -0.458 e. The van der Waals surface area contributed by atoms with E-state index in [1.165, 1.54) is 20.2 Å². The van der Waals surface area contributed by atoms with Gasteiger partial charge in [0.25, 0.3) is 0 Å². The highest BCUT2D eigenvalue weighted by atomic mass is 35.5. The molecule has 1 aromatic rings. The Morgan fingerprint density at radius 2 is 2.29 bits per heavy atom. The second-order valence-electron chi connectivity index (χ2n) is 4.87. The van der Waals surface area contributed by atoms with Gasteiger partial charge in [-0.3, -0.25) is 4.79 Å². The summed E-state index contributed by atoms with van der Waals surface area (Å²) >= 11 is 5.94. The van der Waals surface area contributed by atoms with Crippen LogP contribution in [0.25, 0.3) is 0 Å². The first-order valence-corrected chi connectivity index (χ1v) is 7.32. The van der Waals surface area contributed by atoms with Gasteiger partial charge in [0.15, 0.2) is 12.0 Å².